The van der Waals surface area contributed by atoms with E-state index in [1.807, 2.05) is 30.3 Å². The van der Waals surface area contributed by atoms with Crippen LogP contribution in [0.3, 0.4) is 0 Å². The van der Waals surface area contributed by atoms with Gasteiger partial charge in [0.2, 0.25) is 11.8 Å². The summed E-state index contributed by atoms with van der Waals surface area (Å²) in [5, 5.41) is 9.65. The Labute approximate surface area is 136 Å². The molecule has 1 aromatic carbocycles. The van der Waals surface area contributed by atoms with Crippen LogP contribution in [0.1, 0.15) is 44.9 Å². The summed E-state index contributed by atoms with van der Waals surface area (Å²) in [5.74, 6) is 0.794. The molecule has 1 aliphatic rings. The van der Waals surface area contributed by atoms with Crippen molar-refractivity contribution in [1.29, 1.82) is 0 Å². The van der Waals surface area contributed by atoms with Gasteiger partial charge in [-0.05, 0) is 25.0 Å². The number of nitrogens with one attached hydrogen (secondary N) is 3. The molecule has 1 aromatic rings. The van der Waals surface area contributed by atoms with Crippen molar-refractivity contribution in [2.24, 2.45) is 5.10 Å². The molecule has 0 atom stereocenters. The number of amides is 2. The zero-order valence-corrected chi connectivity index (χ0v) is 13.3. The molecule has 2 amide bonds. The van der Waals surface area contributed by atoms with Crippen LogP contribution in [0.25, 0.3) is 0 Å². The van der Waals surface area contributed by atoms with E-state index >= 15 is 0 Å². The van der Waals surface area contributed by atoms with Crippen molar-refractivity contribution in [2.75, 3.05) is 11.9 Å². The second-order valence-corrected chi connectivity index (χ2v) is 5.59. The fourth-order valence-electron chi connectivity index (χ4n) is 2.37. The van der Waals surface area contributed by atoms with E-state index < -0.39 is 0 Å². The van der Waals surface area contributed by atoms with E-state index in [1.165, 1.54) is 0 Å². The summed E-state index contributed by atoms with van der Waals surface area (Å²) in [6.07, 6.45) is 5.40. The van der Waals surface area contributed by atoms with Gasteiger partial charge in [0.15, 0.2) is 0 Å². The van der Waals surface area contributed by atoms with Crippen LogP contribution in [-0.4, -0.2) is 24.2 Å². The van der Waals surface area contributed by atoms with Gasteiger partial charge in [0.05, 0.1) is 0 Å². The predicted molar refractivity (Wildman–Crippen MR) is 91.0 cm³/mol. The number of carbonyl (C=O) groups excluding carboxylic acids is 2. The number of rotatable bonds is 8. The third-order valence-corrected chi connectivity index (χ3v) is 3.59. The van der Waals surface area contributed by atoms with Gasteiger partial charge in [0.25, 0.3) is 0 Å². The minimum Gasteiger partial charge on any atom is -0.326 e. The number of hydrogen-bond acceptors (Lipinski definition) is 4. The molecule has 1 aliphatic heterocycles. The van der Waals surface area contributed by atoms with Gasteiger partial charge in [-0.15, -0.1) is 0 Å². The van der Waals surface area contributed by atoms with Crippen LogP contribution < -0.4 is 16.1 Å². The van der Waals surface area contributed by atoms with Gasteiger partial charge in [-0.3, -0.25) is 9.59 Å². The number of hydrogen-bond donors (Lipinski definition) is 3. The maximum atomic E-state index is 11.8. The Bertz CT molecular complexity index is 543. The third kappa shape index (κ3) is 6.95. The Morgan fingerprint density at radius 3 is 2.22 bits per heavy atom. The van der Waals surface area contributed by atoms with E-state index in [9.17, 15) is 9.59 Å². The smallest absolute Gasteiger partial charge is 0.225 e. The zero-order chi connectivity index (χ0) is 16.3. The average Bonchev–Trinajstić information content (AvgIpc) is 3.04. The summed E-state index contributed by atoms with van der Waals surface area (Å²) in [7, 11) is 0. The molecule has 0 fully saturated rings. The zero-order valence-electron chi connectivity index (χ0n) is 13.3. The minimum absolute atomic E-state index is 0.0225. The summed E-state index contributed by atoms with van der Waals surface area (Å²) < 4.78 is 0. The molecule has 2 rings (SSSR count). The van der Waals surface area contributed by atoms with Gasteiger partial charge in [0.1, 0.15) is 5.84 Å². The van der Waals surface area contributed by atoms with Crippen molar-refractivity contribution in [3.8, 4) is 0 Å². The first-order chi connectivity index (χ1) is 11.2. The number of anilines is 1. The average molecular weight is 316 g/mol. The lowest BCUT2D eigenvalue weighted by atomic mass is 10.1. The van der Waals surface area contributed by atoms with Crippen molar-refractivity contribution in [3.63, 3.8) is 0 Å². The van der Waals surface area contributed by atoms with E-state index in [0.717, 1.165) is 50.2 Å². The van der Waals surface area contributed by atoms with Crippen molar-refractivity contribution < 1.29 is 9.59 Å². The van der Waals surface area contributed by atoms with Crippen LogP contribution in [0.2, 0.25) is 0 Å². The summed E-state index contributed by atoms with van der Waals surface area (Å²) in [5.41, 5.74) is 3.66. The van der Waals surface area contributed by atoms with Crippen LogP contribution in [0.4, 0.5) is 5.69 Å². The highest BCUT2D eigenvalue weighted by atomic mass is 16.2. The molecule has 0 spiro atoms. The lowest BCUT2D eigenvalue weighted by Crippen LogP contribution is -2.29. The molecule has 0 bridgehead atoms. The molecule has 0 saturated carbocycles. The van der Waals surface area contributed by atoms with Gasteiger partial charge >= 0.3 is 0 Å². The molecule has 1 heterocycles. The van der Waals surface area contributed by atoms with Crippen molar-refractivity contribution in [3.05, 3.63) is 30.3 Å². The molecule has 0 saturated heterocycles. The SMILES string of the molecule is O=C(CCCCCCC(=O)Nc1ccccc1)NC1=NNCC1. The van der Waals surface area contributed by atoms with Gasteiger partial charge in [0, 0.05) is 31.5 Å². The molecule has 6 heteroatoms. The number of carbonyl (C=O) groups is 2. The predicted octanol–water partition coefficient (Wildman–Crippen LogP) is 2.39. The molecule has 0 aromatic heterocycles. The van der Waals surface area contributed by atoms with E-state index in [2.05, 4.69) is 21.2 Å². The summed E-state index contributed by atoms with van der Waals surface area (Å²) >= 11 is 0. The van der Waals surface area contributed by atoms with Gasteiger partial charge in [-0.25, -0.2) is 0 Å². The first kappa shape index (κ1) is 17.0. The van der Waals surface area contributed by atoms with E-state index in [1.54, 1.807) is 0 Å². The lowest BCUT2D eigenvalue weighted by Gasteiger charge is -2.05. The number of hydrazone groups is 1. The van der Waals surface area contributed by atoms with Crippen LogP contribution in [0.5, 0.6) is 0 Å². The lowest BCUT2D eigenvalue weighted by molar-refractivity contribution is -0.120. The molecular formula is C17H24N4O2. The maximum absolute atomic E-state index is 11.8. The highest BCUT2D eigenvalue weighted by Crippen LogP contribution is 2.09. The van der Waals surface area contributed by atoms with Crippen LogP contribution in [-0.2, 0) is 9.59 Å². The molecule has 3 N–H and O–H groups in total. The fourth-order valence-corrected chi connectivity index (χ4v) is 2.37. The summed E-state index contributed by atoms with van der Waals surface area (Å²) in [4.78, 5) is 23.4. The largest absolute Gasteiger partial charge is 0.326 e. The number of unbranched alkanes of at least 4 members (excludes halogenated alkanes) is 3. The van der Waals surface area contributed by atoms with Crippen LogP contribution in [0.15, 0.2) is 35.4 Å². The van der Waals surface area contributed by atoms with Crippen LogP contribution >= 0.6 is 0 Å². The minimum atomic E-state index is 0.0225. The Morgan fingerprint density at radius 2 is 1.61 bits per heavy atom. The Kier molecular flexibility index (Phi) is 7.10. The third-order valence-electron chi connectivity index (χ3n) is 3.59. The van der Waals surface area contributed by atoms with E-state index in [-0.39, 0.29) is 11.8 Å². The number of benzene rings is 1. The summed E-state index contributed by atoms with van der Waals surface area (Å²) in [6.45, 7) is 0.792. The second kappa shape index (κ2) is 9.61. The molecular weight excluding hydrogens is 292 g/mol. The van der Waals surface area contributed by atoms with Gasteiger partial charge < -0.3 is 16.1 Å². The molecule has 0 radical (unpaired) electrons. The molecule has 0 unspecified atom stereocenters. The standard InChI is InChI=1S/C17H24N4O2/c22-16(19-14-8-4-3-5-9-14)10-6-1-2-7-11-17(23)20-15-12-13-18-21-15/h3-5,8-9,18H,1-2,6-7,10-13H2,(H,19,22)(H,20,21,23). The van der Waals surface area contributed by atoms with Gasteiger partial charge in [-0.2, -0.15) is 5.10 Å². The van der Waals surface area contributed by atoms with Crippen molar-refractivity contribution in [2.45, 2.75) is 44.9 Å². The number of para-hydroxylation sites is 1. The number of amidine groups is 1. The highest BCUT2D eigenvalue weighted by Gasteiger charge is 2.09. The Balaban J connectivity index is 1.47. The quantitative estimate of drug-likeness (QED) is 0.644. The van der Waals surface area contributed by atoms with Crippen molar-refractivity contribution in [1.82, 2.24) is 10.7 Å². The molecule has 0 aliphatic carbocycles. The molecule has 124 valence electrons. The fraction of sp³-hybridized carbons (Fsp3) is 0.471. The summed E-state index contributed by atoms with van der Waals surface area (Å²) in [6, 6.07) is 9.46. The topological polar surface area (TPSA) is 82.6 Å². The molecule has 23 heavy (non-hydrogen) atoms. The van der Waals surface area contributed by atoms with E-state index in [4.69, 9.17) is 0 Å². The highest BCUT2D eigenvalue weighted by molar-refractivity contribution is 5.98. The normalized spacial score (nSPS) is 13.1. The van der Waals surface area contributed by atoms with Crippen molar-refractivity contribution >= 4 is 23.3 Å². The monoisotopic (exact) mass is 316 g/mol. The molecule has 6 nitrogen and oxygen atoms in total. The van der Waals surface area contributed by atoms with E-state index in [0.29, 0.717) is 12.8 Å². The Hall–Kier alpha value is -2.37. The first-order valence-electron chi connectivity index (χ1n) is 8.18. The number of nitrogens with zero attached hydrogens (tertiary/aromatic N) is 1. The van der Waals surface area contributed by atoms with Gasteiger partial charge in [-0.1, -0.05) is 31.0 Å². The second-order valence-electron chi connectivity index (χ2n) is 5.59. The Morgan fingerprint density at radius 1 is 0.957 bits per heavy atom. The maximum Gasteiger partial charge on any atom is 0.225 e. The first-order valence-corrected chi connectivity index (χ1v) is 8.18. The van der Waals surface area contributed by atoms with Crippen LogP contribution in [0, 0.1) is 0 Å².